The Hall–Kier alpha value is -2.99. The maximum absolute atomic E-state index is 5.11. The molecule has 4 aromatic rings. The molecule has 0 fully saturated rings. The van der Waals surface area contributed by atoms with Crippen LogP contribution in [0.4, 0.5) is 5.82 Å². The van der Waals surface area contributed by atoms with Crippen LogP contribution in [-0.2, 0) is 6.54 Å². The summed E-state index contributed by atoms with van der Waals surface area (Å²) in [5, 5.41) is 6.66. The van der Waals surface area contributed by atoms with Crippen LogP contribution in [-0.4, -0.2) is 22.1 Å². The number of aromatic nitrogens is 3. The summed E-state index contributed by atoms with van der Waals surface area (Å²) in [5.74, 6) is 2.22. The molecule has 5 nitrogen and oxygen atoms in total. The van der Waals surface area contributed by atoms with Crippen molar-refractivity contribution in [1.29, 1.82) is 0 Å². The van der Waals surface area contributed by atoms with Gasteiger partial charge in [-0.3, -0.25) is 0 Å². The highest BCUT2D eigenvalue weighted by Gasteiger charge is 2.14. The number of hydrogen-bond acceptors (Lipinski definition) is 6. The summed E-state index contributed by atoms with van der Waals surface area (Å²) in [6, 6.07) is 14.2. The molecule has 1 N–H and O–H groups in total. The molecule has 0 aliphatic rings. The van der Waals surface area contributed by atoms with Gasteiger partial charge in [0.1, 0.15) is 16.5 Å². The van der Waals surface area contributed by atoms with Crippen molar-refractivity contribution < 1.29 is 4.74 Å². The Balaban J connectivity index is 1.70. The first kappa shape index (κ1) is 16.5. The number of methoxy groups -OCH3 is 1. The smallest absolute Gasteiger partial charge is 0.212 e. The average Bonchev–Trinajstić information content (AvgIpc) is 3.11. The average molecular weight is 362 g/mol. The molecular weight excluding hydrogens is 344 g/mol. The van der Waals surface area contributed by atoms with Crippen molar-refractivity contribution in [2.75, 3.05) is 12.4 Å². The Labute approximate surface area is 155 Å². The van der Waals surface area contributed by atoms with E-state index in [4.69, 9.17) is 4.74 Å². The minimum Gasteiger partial charge on any atom is -0.481 e. The van der Waals surface area contributed by atoms with Crippen LogP contribution in [0.15, 0.2) is 54.0 Å². The van der Waals surface area contributed by atoms with Gasteiger partial charge in [-0.2, -0.15) is 0 Å². The van der Waals surface area contributed by atoms with Gasteiger partial charge in [-0.25, -0.2) is 15.0 Å². The van der Waals surface area contributed by atoms with Gasteiger partial charge in [-0.15, -0.1) is 11.3 Å². The van der Waals surface area contributed by atoms with Crippen LogP contribution in [0.5, 0.6) is 5.88 Å². The number of rotatable bonds is 5. The zero-order chi connectivity index (χ0) is 17.9. The molecule has 0 bridgehead atoms. The number of aryl methyl sites for hydroxylation is 1. The first-order valence-corrected chi connectivity index (χ1v) is 9.16. The van der Waals surface area contributed by atoms with E-state index in [1.54, 1.807) is 18.4 Å². The first-order valence-electron chi connectivity index (χ1n) is 8.28. The monoisotopic (exact) mass is 362 g/mol. The first-order chi connectivity index (χ1) is 12.7. The predicted molar refractivity (Wildman–Crippen MR) is 106 cm³/mol. The van der Waals surface area contributed by atoms with Gasteiger partial charge in [0.2, 0.25) is 5.88 Å². The quantitative estimate of drug-likeness (QED) is 0.558. The van der Waals surface area contributed by atoms with Gasteiger partial charge in [-0.05, 0) is 18.1 Å². The van der Waals surface area contributed by atoms with Gasteiger partial charge < -0.3 is 10.1 Å². The molecule has 0 saturated carbocycles. The van der Waals surface area contributed by atoms with Gasteiger partial charge in [0.05, 0.1) is 12.5 Å². The van der Waals surface area contributed by atoms with E-state index in [9.17, 15) is 0 Å². The van der Waals surface area contributed by atoms with E-state index >= 15 is 0 Å². The molecule has 1 aromatic carbocycles. The molecule has 3 aromatic heterocycles. The third-order valence-electron chi connectivity index (χ3n) is 4.10. The summed E-state index contributed by atoms with van der Waals surface area (Å²) in [4.78, 5) is 14.5. The molecule has 130 valence electrons. The molecule has 0 unspecified atom stereocenters. The van der Waals surface area contributed by atoms with Crippen LogP contribution >= 0.6 is 11.3 Å². The summed E-state index contributed by atoms with van der Waals surface area (Å²) < 4.78 is 5.11. The molecule has 0 aliphatic carbocycles. The molecule has 0 atom stereocenters. The summed E-state index contributed by atoms with van der Waals surface area (Å²) in [6.45, 7) is 2.55. The minimum atomic E-state index is 0.609. The number of hydrogen-bond donors (Lipinski definition) is 1. The number of pyridine rings is 1. The van der Waals surface area contributed by atoms with E-state index < -0.39 is 0 Å². The number of nitrogens with one attached hydrogen (secondary N) is 1. The predicted octanol–water partition coefficient (Wildman–Crippen LogP) is 4.68. The number of anilines is 1. The van der Waals surface area contributed by atoms with E-state index in [1.807, 2.05) is 43.5 Å². The fraction of sp³-hybridized carbons (Fsp3) is 0.150. The van der Waals surface area contributed by atoms with Crippen molar-refractivity contribution in [1.82, 2.24) is 15.0 Å². The van der Waals surface area contributed by atoms with Crippen LogP contribution in [0.1, 0.15) is 11.4 Å². The Morgan fingerprint density at radius 2 is 1.92 bits per heavy atom. The lowest BCUT2D eigenvalue weighted by Crippen LogP contribution is -2.04. The molecule has 0 radical (unpaired) electrons. The maximum atomic E-state index is 5.11. The third-order valence-corrected chi connectivity index (χ3v) is 4.97. The standard InChI is InChI=1S/C20H18N4OS/c1-13-23-19(22-11-14-8-9-17(25-2)21-10-14)18-16(12-26-20(18)24-13)15-6-4-3-5-7-15/h3-10,12H,11H2,1-2H3,(H,22,23,24). The van der Waals surface area contributed by atoms with Crippen molar-refractivity contribution in [3.8, 4) is 17.0 Å². The fourth-order valence-electron chi connectivity index (χ4n) is 2.83. The van der Waals surface area contributed by atoms with Crippen LogP contribution in [0.3, 0.4) is 0 Å². The second kappa shape index (κ2) is 7.09. The molecule has 3 heterocycles. The Kier molecular flexibility index (Phi) is 4.50. The lowest BCUT2D eigenvalue weighted by atomic mass is 10.1. The zero-order valence-corrected chi connectivity index (χ0v) is 15.4. The van der Waals surface area contributed by atoms with Gasteiger partial charge in [0, 0.05) is 29.8 Å². The number of thiophene rings is 1. The molecule has 0 saturated heterocycles. The number of ether oxygens (including phenoxy) is 1. The highest BCUT2D eigenvalue weighted by molar-refractivity contribution is 7.17. The highest BCUT2D eigenvalue weighted by Crippen LogP contribution is 2.36. The molecule has 4 rings (SSSR count). The van der Waals surface area contributed by atoms with E-state index in [2.05, 4.69) is 37.8 Å². The number of fused-ring (bicyclic) bond motifs is 1. The topological polar surface area (TPSA) is 59.9 Å². The van der Waals surface area contributed by atoms with Crippen molar-refractivity contribution >= 4 is 27.4 Å². The van der Waals surface area contributed by atoms with Gasteiger partial charge in [0.15, 0.2) is 0 Å². The van der Waals surface area contributed by atoms with Crippen molar-refractivity contribution in [2.24, 2.45) is 0 Å². The van der Waals surface area contributed by atoms with Crippen LogP contribution in [0.2, 0.25) is 0 Å². The fourth-order valence-corrected chi connectivity index (χ4v) is 3.82. The summed E-state index contributed by atoms with van der Waals surface area (Å²) in [6.07, 6.45) is 1.81. The summed E-state index contributed by atoms with van der Waals surface area (Å²) in [7, 11) is 1.61. The van der Waals surface area contributed by atoms with Crippen LogP contribution in [0.25, 0.3) is 21.3 Å². The number of benzene rings is 1. The van der Waals surface area contributed by atoms with E-state index in [0.29, 0.717) is 12.4 Å². The summed E-state index contributed by atoms with van der Waals surface area (Å²) in [5.41, 5.74) is 3.38. The van der Waals surface area contributed by atoms with Crippen molar-refractivity contribution in [3.63, 3.8) is 0 Å². The lowest BCUT2D eigenvalue weighted by molar-refractivity contribution is 0.397. The zero-order valence-electron chi connectivity index (χ0n) is 14.6. The number of nitrogens with zero attached hydrogens (tertiary/aromatic N) is 3. The van der Waals surface area contributed by atoms with E-state index in [0.717, 1.165) is 33.0 Å². The molecule has 0 spiro atoms. The molecule has 26 heavy (non-hydrogen) atoms. The van der Waals surface area contributed by atoms with Crippen molar-refractivity contribution in [2.45, 2.75) is 13.5 Å². The van der Waals surface area contributed by atoms with Gasteiger partial charge in [-0.1, -0.05) is 36.4 Å². The highest BCUT2D eigenvalue weighted by atomic mass is 32.1. The lowest BCUT2D eigenvalue weighted by Gasteiger charge is -2.10. The SMILES string of the molecule is COc1ccc(CNc2nc(C)nc3scc(-c4ccccc4)c23)cn1. The maximum Gasteiger partial charge on any atom is 0.212 e. The van der Waals surface area contributed by atoms with Gasteiger partial charge in [0.25, 0.3) is 0 Å². The molecule has 6 heteroatoms. The van der Waals surface area contributed by atoms with E-state index in [1.165, 1.54) is 5.56 Å². The second-order valence-corrected chi connectivity index (χ2v) is 6.74. The Morgan fingerprint density at radius 3 is 2.65 bits per heavy atom. The molecule has 0 aliphatic heterocycles. The second-order valence-electron chi connectivity index (χ2n) is 5.88. The Morgan fingerprint density at radius 1 is 1.08 bits per heavy atom. The van der Waals surface area contributed by atoms with E-state index in [-0.39, 0.29) is 0 Å². The molecular formula is C20H18N4OS. The Bertz CT molecular complexity index is 1030. The minimum absolute atomic E-state index is 0.609. The largest absolute Gasteiger partial charge is 0.481 e. The van der Waals surface area contributed by atoms with Crippen molar-refractivity contribution in [3.05, 3.63) is 65.4 Å². The van der Waals surface area contributed by atoms with Crippen LogP contribution < -0.4 is 10.1 Å². The third kappa shape index (κ3) is 3.23. The molecule has 0 amide bonds. The van der Waals surface area contributed by atoms with Gasteiger partial charge >= 0.3 is 0 Å². The normalized spacial score (nSPS) is 10.8. The van der Waals surface area contributed by atoms with Crippen LogP contribution in [0, 0.1) is 6.92 Å². The summed E-state index contributed by atoms with van der Waals surface area (Å²) >= 11 is 1.64.